The molecular weight excluding hydrogens is 352 g/mol. The fourth-order valence-electron chi connectivity index (χ4n) is 3.18. The van der Waals surface area contributed by atoms with Crippen LogP contribution in [0.2, 0.25) is 0 Å². The van der Waals surface area contributed by atoms with Gasteiger partial charge in [0.05, 0.1) is 19.1 Å². The molecule has 0 unspecified atom stereocenters. The number of amides is 1. The predicted octanol–water partition coefficient (Wildman–Crippen LogP) is 2.86. The Morgan fingerprint density at radius 1 is 1.35 bits per heavy atom. The SMILES string of the molecule is COc1cccc(N([C@H](C)C(=O)NCCC2=CCCCC2)S(C)(=O)=O)c1. The van der Waals surface area contributed by atoms with E-state index in [0.29, 0.717) is 18.0 Å². The fraction of sp³-hybridized carbons (Fsp3) is 0.526. The van der Waals surface area contributed by atoms with E-state index < -0.39 is 16.1 Å². The Hall–Kier alpha value is -2.02. The third kappa shape index (κ3) is 5.49. The second kappa shape index (κ2) is 9.07. The van der Waals surface area contributed by atoms with Crippen molar-refractivity contribution in [1.29, 1.82) is 0 Å². The summed E-state index contributed by atoms with van der Waals surface area (Å²) in [5.41, 5.74) is 1.78. The Kier molecular flexibility index (Phi) is 7.08. The van der Waals surface area contributed by atoms with Crippen LogP contribution < -0.4 is 14.4 Å². The van der Waals surface area contributed by atoms with Crippen molar-refractivity contribution in [2.45, 2.75) is 45.1 Å². The maximum Gasteiger partial charge on any atom is 0.243 e. The minimum Gasteiger partial charge on any atom is -0.497 e. The summed E-state index contributed by atoms with van der Waals surface area (Å²) in [4.78, 5) is 12.5. The van der Waals surface area contributed by atoms with Crippen molar-refractivity contribution in [3.8, 4) is 5.75 Å². The normalized spacial score (nSPS) is 15.7. The molecule has 1 N–H and O–H groups in total. The molecule has 0 fully saturated rings. The van der Waals surface area contributed by atoms with Crippen LogP contribution in [0.15, 0.2) is 35.9 Å². The minimum absolute atomic E-state index is 0.311. The molecule has 1 aliphatic carbocycles. The predicted molar refractivity (Wildman–Crippen MR) is 104 cm³/mol. The highest BCUT2D eigenvalue weighted by molar-refractivity contribution is 7.92. The molecule has 1 aromatic carbocycles. The third-order valence-electron chi connectivity index (χ3n) is 4.53. The Balaban J connectivity index is 2.07. The first-order valence-corrected chi connectivity index (χ1v) is 10.8. The van der Waals surface area contributed by atoms with Gasteiger partial charge in [-0.3, -0.25) is 9.10 Å². The van der Waals surface area contributed by atoms with Crippen molar-refractivity contribution in [2.75, 3.05) is 24.2 Å². The number of rotatable bonds is 8. The van der Waals surface area contributed by atoms with E-state index in [0.717, 1.165) is 29.8 Å². The summed E-state index contributed by atoms with van der Waals surface area (Å²) in [6.45, 7) is 2.11. The van der Waals surface area contributed by atoms with Crippen LogP contribution in [-0.4, -0.2) is 40.3 Å². The molecule has 2 rings (SSSR count). The van der Waals surface area contributed by atoms with E-state index in [1.54, 1.807) is 31.2 Å². The summed E-state index contributed by atoms with van der Waals surface area (Å²) in [5.74, 6) is 0.225. The zero-order valence-corrected chi connectivity index (χ0v) is 16.5. The molecule has 1 aromatic rings. The molecule has 0 aromatic heterocycles. The molecule has 144 valence electrons. The van der Waals surface area contributed by atoms with Crippen LogP contribution in [0, 0.1) is 0 Å². The first kappa shape index (κ1) is 20.3. The van der Waals surface area contributed by atoms with E-state index in [1.807, 2.05) is 0 Å². The van der Waals surface area contributed by atoms with Crippen molar-refractivity contribution in [2.24, 2.45) is 0 Å². The van der Waals surface area contributed by atoms with Crippen LogP contribution in [0.4, 0.5) is 5.69 Å². The number of allylic oxidation sites excluding steroid dienone is 1. The number of hydrogen-bond donors (Lipinski definition) is 1. The number of nitrogens with zero attached hydrogens (tertiary/aromatic N) is 1. The highest BCUT2D eigenvalue weighted by Crippen LogP contribution is 2.25. The van der Waals surface area contributed by atoms with E-state index in [-0.39, 0.29) is 5.91 Å². The van der Waals surface area contributed by atoms with Gasteiger partial charge in [0.1, 0.15) is 11.8 Å². The van der Waals surface area contributed by atoms with Gasteiger partial charge in [-0.2, -0.15) is 0 Å². The Morgan fingerprint density at radius 2 is 2.12 bits per heavy atom. The summed E-state index contributed by atoms with van der Waals surface area (Å²) in [6, 6.07) is 5.84. The average molecular weight is 381 g/mol. The lowest BCUT2D eigenvalue weighted by Crippen LogP contribution is -2.48. The Morgan fingerprint density at radius 3 is 2.73 bits per heavy atom. The molecule has 6 nitrogen and oxygen atoms in total. The number of methoxy groups -OCH3 is 1. The monoisotopic (exact) mass is 380 g/mol. The number of sulfonamides is 1. The van der Waals surface area contributed by atoms with Crippen molar-refractivity contribution < 1.29 is 17.9 Å². The molecule has 0 bridgehead atoms. The van der Waals surface area contributed by atoms with Gasteiger partial charge < -0.3 is 10.1 Å². The molecule has 1 amide bonds. The van der Waals surface area contributed by atoms with Crippen molar-refractivity contribution in [3.05, 3.63) is 35.9 Å². The largest absolute Gasteiger partial charge is 0.497 e. The number of anilines is 1. The number of carbonyl (C=O) groups is 1. The zero-order valence-electron chi connectivity index (χ0n) is 15.7. The van der Waals surface area contributed by atoms with E-state index in [9.17, 15) is 13.2 Å². The first-order chi connectivity index (χ1) is 12.3. The van der Waals surface area contributed by atoms with E-state index in [1.165, 1.54) is 25.5 Å². The molecule has 0 heterocycles. The summed E-state index contributed by atoms with van der Waals surface area (Å²) < 4.78 is 30.9. The van der Waals surface area contributed by atoms with Gasteiger partial charge in [-0.05, 0) is 51.2 Å². The van der Waals surface area contributed by atoms with Gasteiger partial charge in [0, 0.05) is 12.6 Å². The minimum atomic E-state index is -3.63. The van der Waals surface area contributed by atoms with Gasteiger partial charge in [-0.1, -0.05) is 17.7 Å². The number of ether oxygens (including phenoxy) is 1. The first-order valence-electron chi connectivity index (χ1n) is 8.92. The van der Waals surface area contributed by atoms with Crippen LogP contribution in [0.25, 0.3) is 0 Å². The number of nitrogens with one attached hydrogen (secondary N) is 1. The van der Waals surface area contributed by atoms with E-state index >= 15 is 0 Å². The molecule has 0 saturated carbocycles. The number of hydrogen-bond acceptors (Lipinski definition) is 4. The average Bonchev–Trinajstić information content (AvgIpc) is 2.61. The molecule has 1 aliphatic rings. The topological polar surface area (TPSA) is 75.7 Å². The molecule has 7 heteroatoms. The fourth-order valence-corrected chi connectivity index (χ4v) is 4.35. The third-order valence-corrected chi connectivity index (χ3v) is 5.77. The van der Waals surface area contributed by atoms with Crippen LogP contribution in [0.1, 0.15) is 39.0 Å². The van der Waals surface area contributed by atoms with E-state index in [2.05, 4.69) is 11.4 Å². The van der Waals surface area contributed by atoms with Gasteiger partial charge in [0.2, 0.25) is 15.9 Å². The van der Waals surface area contributed by atoms with Crippen LogP contribution in [0.3, 0.4) is 0 Å². The van der Waals surface area contributed by atoms with Crippen molar-refractivity contribution in [3.63, 3.8) is 0 Å². The smallest absolute Gasteiger partial charge is 0.243 e. The number of benzene rings is 1. The van der Waals surface area contributed by atoms with Crippen LogP contribution in [-0.2, 0) is 14.8 Å². The lowest BCUT2D eigenvalue weighted by molar-refractivity contribution is -0.121. The second-order valence-electron chi connectivity index (χ2n) is 6.59. The van der Waals surface area contributed by atoms with Crippen molar-refractivity contribution in [1.82, 2.24) is 5.32 Å². The van der Waals surface area contributed by atoms with Crippen LogP contribution in [0.5, 0.6) is 5.75 Å². The summed E-state index contributed by atoms with van der Waals surface area (Å²) in [5, 5.41) is 2.86. The Bertz CT molecular complexity index is 759. The second-order valence-corrected chi connectivity index (χ2v) is 8.44. The zero-order chi connectivity index (χ0) is 19.2. The lowest BCUT2D eigenvalue weighted by Gasteiger charge is -2.28. The Labute approximate surface area is 156 Å². The lowest BCUT2D eigenvalue weighted by atomic mass is 9.97. The molecule has 1 atom stereocenters. The number of carbonyl (C=O) groups excluding carboxylic acids is 1. The maximum atomic E-state index is 12.5. The van der Waals surface area contributed by atoms with Gasteiger partial charge in [0.25, 0.3) is 0 Å². The molecule has 0 spiro atoms. The quantitative estimate of drug-likeness (QED) is 0.704. The van der Waals surface area contributed by atoms with Gasteiger partial charge >= 0.3 is 0 Å². The molecule has 26 heavy (non-hydrogen) atoms. The summed E-state index contributed by atoms with van der Waals surface area (Å²) in [6.07, 6.45) is 8.80. The summed E-state index contributed by atoms with van der Waals surface area (Å²) >= 11 is 0. The van der Waals surface area contributed by atoms with E-state index in [4.69, 9.17) is 4.74 Å². The van der Waals surface area contributed by atoms with Gasteiger partial charge in [0.15, 0.2) is 0 Å². The van der Waals surface area contributed by atoms with Crippen LogP contribution >= 0.6 is 0 Å². The highest BCUT2D eigenvalue weighted by Gasteiger charge is 2.29. The van der Waals surface area contributed by atoms with Gasteiger partial charge in [-0.15, -0.1) is 0 Å². The molecular formula is C19H28N2O4S. The van der Waals surface area contributed by atoms with Crippen molar-refractivity contribution >= 4 is 21.6 Å². The standard InChI is InChI=1S/C19H28N2O4S/c1-15(19(22)20-13-12-16-8-5-4-6-9-16)21(26(3,23)24)17-10-7-11-18(14-17)25-2/h7-8,10-11,14-15H,4-6,9,12-13H2,1-3H3,(H,20,22)/t15-/m1/s1. The highest BCUT2D eigenvalue weighted by atomic mass is 32.2. The molecule has 0 radical (unpaired) electrons. The molecule has 0 aliphatic heterocycles. The maximum absolute atomic E-state index is 12.5. The van der Waals surface area contributed by atoms with Gasteiger partial charge in [-0.25, -0.2) is 8.42 Å². The summed E-state index contributed by atoms with van der Waals surface area (Å²) in [7, 11) is -2.11. The molecule has 0 saturated heterocycles.